The molecule has 0 amide bonds. The summed E-state index contributed by atoms with van der Waals surface area (Å²) in [6, 6.07) is 0.885. The number of aryl methyl sites for hydroxylation is 2. The third kappa shape index (κ3) is 2.44. The van der Waals surface area contributed by atoms with E-state index in [4.69, 9.17) is 10.2 Å². The average molecular weight is 223 g/mol. The molecule has 0 spiro atoms. The lowest BCUT2D eigenvalue weighted by atomic mass is 9.99. The number of nitrogens with zero attached hydrogens (tertiary/aromatic N) is 2. The molecular formula is C12H21N3O. The molecule has 0 saturated carbocycles. The zero-order valence-electron chi connectivity index (χ0n) is 10.4. The van der Waals surface area contributed by atoms with Crippen molar-refractivity contribution < 1.29 is 4.42 Å². The molecule has 2 heterocycles. The topological polar surface area (TPSA) is 55.3 Å². The lowest BCUT2D eigenvalue weighted by molar-refractivity contribution is 0.127. The second kappa shape index (κ2) is 4.55. The minimum atomic E-state index is 0.360. The van der Waals surface area contributed by atoms with Crippen molar-refractivity contribution in [1.29, 1.82) is 0 Å². The highest BCUT2D eigenvalue weighted by Crippen LogP contribution is 2.19. The van der Waals surface area contributed by atoms with Gasteiger partial charge in [0.1, 0.15) is 5.76 Å². The van der Waals surface area contributed by atoms with Crippen molar-refractivity contribution >= 4 is 0 Å². The Morgan fingerprint density at radius 2 is 2.25 bits per heavy atom. The van der Waals surface area contributed by atoms with Gasteiger partial charge in [-0.05, 0) is 33.6 Å². The van der Waals surface area contributed by atoms with Crippen molar-refractivity contribution in [2.24, 2.45) is 5.73 Å². The lowest BCUT2D eigenvalue weighted by Crippen LogP contribution is -2.45. The molecule has 1 saturated heterocycles. The molecule has 0 aromatic carbocycles. The van der Waals surface area contributed by atoms with Crippen LogP contribution in [-0.4, -0.2) is 28.5 Å². The van der Waals surface area contributed by atoms with Crippen molar-refractivity contribution in [1.82, 2.24) is 9.88 Å². The first-order valence-electron chi connectivity index (χ1n) is 5.99. The van der Waals surface area contributed by atoms with E-state index in [0.717, 1.165) is 43.3 Å². The fourth-order valence-corrected chi connectivity index (χ4v) is 2.27. The van der Waals surface area contributed by atoms with Crippen molar-refractivity contribution in [2.75, 3.05) is 6.54 Å². The van der Waals surface area contributed by atoms with Crippen molar-refractivity contribution in [3.8, 4) is 0 Å². The monoisotopic (exact) mass is 223 g/mol. The summed E-state index contributed by atoms with van der Waals surface area (Å²) in [4.78, 5) is 6.82. The van der Waals surface area contributed by atoms with Crippen molar-refractivity contribution in [3.05, 3.63) is 17.3 Å². The summed E-state index contributed by atoms with van der Waals surface area (Å²) in [5, 5.41) is 0. The van der Waals surface area contributed by atoms with Crippen molar-refractivity contribution in [3.63, 3.8) is 0 Å². The van der Waals surface area contributed by atoms with Gasteiger partial charge in [-0.2, -0.15) is 0 Å². The number of aromatic nitrogens is 1. The van der Waals surface area contributed by atoms with E-state index in [9.17, 15) is 0 Å². The molecule has 4 nitrogen and oxygen atoms in total. The first-order valence-corrected chi connectivity index (χ1v) is 5.99. The summed E-state index contributed by atoms with van der Waals surface area (Å²) in [6.45, 7) is 8.02. The fraction of sp³-hybridized carbons (Fsp3) is 0.750. The Kier molecular flexibility index (Phi) is 3.30. The number of likely N-dealkylation sites (tertiary alicyclic amines) is 1. The molecule has 1 fully saturated rings. The van der Waals surface area contributed by atoms with Gasteiger partial charge < -0.3 is 10.2 Å². The van der Waals surface area contributed by atoms with Gasteiger partial charge >= 0.3 is 0 Å². The van der Waals surface area contributed by atoms with E-state index in [1.54, 1.807) is 0 Å². The molecule has 2 rings (SSSR count). The van der Waals surface area contributed by atoms with Crippen LogP contribution in [0.5, 0.6) is 0 Å². The molecule has 0 radical (unpaired) electrons. The van der Waals surface area contributed by atoms with E-state index in [-0.39, 0.29) is 0 Å². The van der Waals surface area contributed by atoms with Crippen LogP contribution >= 0.6 is 0 Å². The van der Waals surface area contributed by atoms with Gasteiger partial charge in [0.15, 0.2) is 0 Å². The van der Waals surface area contributed by atoms with E-state index in [2.05, 4.69) is 16.8 Å². The number of rotatable bonds is 2. The molecule has 4 heteroatoms. The maximum absolute atomic E-state index is 5.94. The highest BCUT2D eigenvalue weighted by molar-refractivity contribution is 5.05. The largest absolute Gasteiger partial charge is 0.444 e. The Morgan fingerprint density at radius 3 is 2.81 bits per heavy atom. The standard InChI is InChI=1S/C12H21N3O/c1-8-6-11(13)4-5-15(8)7-12-14-9(2)10(3)16-12/h8,11H,4-7,13H2,1-3H3. The summed E-state index contributed by atoms with van der Waals surface area (Å²) in [7, 11) is 0. The van der Waals surface area contributed by atoms with Crippen LogP contribution in [0, 0.1) is 13.8 Å². The van der Waals surface area contributed by atoms with Crippen LogP contribution in [0.4, 0.5) is 0 Å². The van der Waals surface area contributed by atoms with Gasteiger partial charge in [0.05, 0.1) is 12.2 Å². The molecule has 2 N–H and O–H groups in total. The minimum Gasteiger partial charge on any atom is -0.444 e. The third-order valence-electron chi connectivity index (χ3n) is 3.47. The van der Waals surface area contributed by atoms with E-state index in [1.165, 1.54) is 0 Å². The van der Waals surface area contributed by atoms with Gasteiger partial charge in [0, 0.05) is 18.6 Å². The van der Waals surface area contributed by atoms with Crippen LogP contribution in [0.15, 0.2) is 4.42 Å². The average Bonchev–Trinajstić information content (AvgIpc) is 2.51. The molecule has 0 bridgehead atoms. The predicted octanol–water partition coefficient (Wildman–Crippen LogP) is 1.60. The molecule has 90 valence electrons. The van der Waals surface area contributed by atoms with Crippen molar-refractivity contribution in [2.45, 2.75) is 52.2 Å². The van der Waals surface area contributed by atoms with Crippen LogP contribution < -0.4 is 5.73 Å². The summed E-state index contributed by atoms with van der Waals surface area (Å²) in [5.41, 5.74) is 6.94. The fourth-order valence-electron chi connectivity index (χ4n) is 2.27. The van der Waals surface area contributed by atoms with Gasteiger partial charge in [-0.1, -0.05) is 0 Å². The van der Waals surface area contributed by atoms with Crippen LogP contribution in [0.1, 0.15) is 37.1 Å². The SMILES string of the molecule is Cc1nc(CN2CCC(N)CC2C)oc1C. The minimum absolute atomic E-state index is 0.360. The molecule has 2 atom stereocenters. The van der Waals surface area contributed by atoms with Crippen LogP contribution in [-0.2, 0) is 6.54 Å². The van der Waals surface area contributed by atoms with Crippen LogP contribution in [0.25, 0.3) is 0 Å². The quantitative estimate of drug-likeness (QED) is 0.827. The zero-order valence-corrected chi connectivity index (χ0v) is 10.4. The molecule has 0 aliphatic carbocycles. The first kappa shape index (κ1) is 11.6. The van der Waals surface area contributed by atoms with Gasteiger partial charge in [-0.3, -0.25) is 4.90 Å². The van der Waals surface area contributed by atoms with Gasteiger partial charge in [-0.25, -0.2) is 4.98 Å². The van der Waals surface area contributed by atoms with Crippen LogP contribution in [0.3, 0.4) is 0 Å². The molecular weight excluding hydrogens is 202 g/mol. The van der Waals surface area contributed by atoms with Crippen LogP contribution in [0.2, 0.25) is 0 Å². The third-order valence-corrected chi connectivity index (χ3v) is 3.47. The Hall–Kier alpha value is -0.870. The maximum Gasteiger partial charge on any atom is 0.208 e. The highest BCUT2D eigenvalue weighted by atomic mass is 16.4. The van der Waals surface area contributed by atoms with E-state index in [0.29, 0.717) is 12.1 Å². The van der Waals surface area contributed by atoms with Gasteiger partial charge in [-0.15, -0.1) is 0 Å². The summed E-state index contributed by atoms with van der Waals surface area (Å²) in [6.07, 6.45) is 2.14. The second-order valence-electron chi connectivity index (χ2n) is 4.85. The van der Waals surface area contributed by atoms with E-state index >= 15 is 0 Å². The predicted molar refractivity (Wildman–Crippen MR) is 63.1 cm³/mol. The van der Waals surface area contributed by atoms with E-state index < -0.39 is 0 Å². The van der Waals surface area contributed by atoms with Gasteiger partial charge in [0.2, 0.25) is 5.89 Å². The Balaban J connectivity index is 1.99. The molecule has 1 aromatic rings. The zero-order chi connectivity index (χ0) is 11.7. The molecule has 2 unspecified atom stereocenters. The van der Waals surface area contributed by atoms with E-state index in [1.807, 2.05) is 13.8 Å². The molecule has 16 heavy (non-hydrogen) atoms. The number of hydrogen-bond acceptors (Lipinski definition) is 4. The maximum atomic E-state index is 5.94. The Labute approximate surface area is 96.8 Å². The molecule has 1 aliphatic heterocycles. The summed E-state index contributed by atoms with van der Waals surface area (Å²) < 4.78 is 5.61. The summed E-state index contributed by atoms with van der Waals surface area (Å²) >= 11 is 0. The number of hydrogen-bond donors (Lipinski definition) is 1. The number of nitrogens with two attached hydrogens (primary N) is 1. The number of piperidine rings is 1. The first-order chi connectivity index (χ1) is 7.56. The second-order valence-corrected chi connectivity index (χ2v) is 4.85. The smallest absolute Gasteiger partial charge is 0.208 e. The number of oxazole rings is 1. The molecule has 1 aromatic heterocycles. The Bertz CT molecular complexity index is 342. The molecule has 1 aliphatic rings. The lowest BCUT2D eigenvalue weighted by Gasteiger charge is -2.35. The summed E-state index contributed by atoms with van der Waals surface area (Å²) in [5.74, 6) is 1.76. The highest BCUT2D eigenvalue weighted by Gasteiger charge is 2.24. The normalized spacial score (nSPS) is 27.2. The Morgan fingerprint density at radius 1 is 1.50 bits per heavy atom. The van der Waals surface area contributed by atoms with Gasteiger partial charge in [0.25, 0.3) is 0 Å².